The molecule has 0 N–H and O–H groups in total. The highest BCUT2D eigenvalue weighted by Gasteiger charge is 2.54. The third kappa shape index (κ3) is 2.22. The molecule has 70 valence electrons. The zero-order chi connectivity index (χ0) is 9.47. The van der Waals surface area contributed by atoms with Gasteiger partial charge in [-0.15, -0.1) is 0 Å². The fraction of sp³-hybridized carbons (Fsp3) is 0.333. The largest absolute Gasteiger partial charge is 0.487 e. The summed E-state index contributed by atoms with van der Waals surface area (Å²) in [4.78, 5) is 0. The van der Waals surface area contributed by atoms with Crippen molar-refractivity contribution in [2.75, 3.05) is 0 Å². The zero-order valence-corrected chi connectivity index (χ0v) is 8.90. The van der Waals surface area contributed by atoms with Crippen molar-refractivity contribution in [2.24, 2.45) is 0 Å². The van der Waals surface area contributed by atoms with E-state index in [2.05, 4.69) is 0 Å². The molecule has 13 heavy (non-hydrogen) atoms. The SMILES string of the molecule is Clc1ccc(OC2CC2(Cl)Cl)cc1. The van der Waals surface area contributed by atoms with Gasteiger partial charge in [-0.3, -0.25) is 0 Å². The predicted octanol–water partition coefficient (Wildman–Crippen LogP) is 3.67. The first-order chi connectivity index (χ1) is 6.08. The van der Waals surface area contributed by atoms with Crippen LogP contribution in [0.1, 0.15) is 6.42 Å². The van der Waals surface area contributed by atoms with E-state index in [1.807, 2.05) is 0 Å². The summed E-state index contributed by atoms with van der Waals surface area (Å²) in [6, 6.07) is 7.13. The molecule has 1 atom stereocenters. The molecule has 0 heterocycles. The van der Waals surface area contributed by atoms with E-state index in [1.54, 1.807) is 24.3 Å². The highest BCUT2D eigenvalue weighted by atomic mass is 35.5. The highest BCUT2D eigenvalue weighted by Crippen LogP contribution is 2.49. The van der Waals surface area contributed by atoms with Gasteiger partial charge in [0.05, 0.1) is 0 Å². The molecule has 0 amide bonds. The molecular formula is C9H7Cl3O. The third-order valence-corrected chi connectivity index (χ3v) is 2.91. The maximum Gasteiger partial charge on any atom is 0.158 e. The van der Waals surface area contributed by atoms with E-state index in [-0.39, 0.29) is 6.10 Å². The van der Waals surface area contributed by atoms with Gasteiger partial charge in [0.1, 0.15) is 11.9 Å². The molecule has 0 spiro atoms. The lowest BCUT2D eigenvalue weighted by Crippen LogP contribution is -2.04. The molecule has 2 rings (SSSR count). The number of hydrogen-bond acceptors (Lipinski definition) is 1. The standard InChI is InChI=1S/C9H7Cl3O/c10-6-1-3-7(4-2-6)13-8-5-9(8,11)12/h1-4,8H,5H2. The van der Waals surface area contributed by atoms with E-state index in [0.29, 0.717) is 11.4 Å². The topological polar surface area (TPSA) is 9.23 Å². The smallest absolute Gasteiger partial charge is 0.158 e. The van der Waals surface area contributed by atoms with Crippen LogP contribution in [0.4, 0.5) is 0 Å². The lowest BCUT2D eigenvalue weighted by atomic mass is 10.3. The molecule has 0 bridgehead atoms. The number of hydrogen-bond donors (Lipinski definition) is 0. The van der Waals surface area contributed by atoms with Crippen LogP contribution in [-0.2, 0) is 0 Å². The zero-order valence-electron chi connectivity index (χ0n) is 6.64. The Morgan fingerprint density at radius 2 is 1.77 bits per heavy atom. The lowest BCUT2D eigenvalue weighted by Gasteiger charge is -2.05. The van der Waals surface area contributed by atoms with E-state index < -0.39 is 4.33 Å². The Labute approximate surface area is 91.5 Å². The van der Waals surface area contributed by atoms with Gasteiger partial charge in [-0.2, -0.15) is 0 Å². The van der Waals surface area contributed by atoms with Gasteiger partial charge in [0.25, 0.3) is 0 Å². The van der Waals surface area contributed by atoms with Gasteiger partial charge in [-0.05, 0) is 24.3 Å². The molecule has 0 aliphatic heterocycles. The summed E-state index contributed by atoms with van der Waals surface area (Å²) in [6.45, 7) is 0. The molecule has 0 saturated heterocycles. The molecule has 1 aliphatic carbocycles. The van der Waals surface area contributed by atoms with E-state index in [1.165, 1.54) is 0 Å². The molecule has 1 aromatic carbocycles. The van der Waals surface area contributed by atoms with Gasteiger partial charge >= 0.3 is 0 Å². The van der Waals surface area contributed by atoms with Crippen LogP contribution in [0.5, 0.6) is 5.75 Å². The van der Waals surface area contributed by atoms with Gasteiger partial charge < -0.3 is 4.74 Å². The minimum atomic E-state index is -0.695. The van der Waals surface area contributed by atoms with Gasteiger partial charge in [0, 0.05) is 11.4 Å². The Hall–Kier alpha value is -0.110. The average Bonchev–Trinajstić information content (AvgIpc) is 2.64. The van der Waals surface area contributed by atoms with Gasteiger partial charge in [0.2, 0.25) is 0 Å². The molecule has 1 fully saturated rings. The van der Waals surface area contributed by atoms with Gasteiger partial charge in [0.15, 0.2) is 4.33 Å². The maximum absolute atomic E-state index is 5.80. The van der Waals surface area contributed by atoms with Crippen LogP contribution in [-0.4, -0.2) is 10.4 Å². The third-order valence-electron chi connectivity index (χ3n) is 1.86. The second kappa shape index (κ2) is 3.23. The molecular weight excluding hydrogens is 230 g/mol. The van der Waals surface area contributed by atoms with Crippen molar-refractivity contribution in [1.29, 1.82) is 0 Å². The predicted molar refractivity (Wildman–Crippen MR) is 54.9 cm³/mol. The van der Waals surface area contributed by atoms with Crippen molar-refractivity contribution in [3.63, 3.8) is 0 Å². The Morgan fingerprint density at radius 1 is 1.23 bits per heavy atom. The quantitative estimate of drug-likeness (QED) is 0.713. The molecule has 0 radical (unpaired) electrons. The van der Waals surface area contributed by atoms with Crippen LogP contribution < -0.4 is 4.74 Å². The molecule has 1 saturated carbocycles. The number of ether oxygens (including phenoxy) is 1. The molecule has 1 aromatic rings. The molecule has 0 aromatic heterocycles. The Bertz CT molecular complexity index is 307. The fourth-order valence-electron chi connectivity index (χ4n) is 0.994. The molecule has 1 unspecified atom stereocenters. The Balaban J connectivity index is 2.00. The first kappa shape index (κ1) is 9.45. The second-order valence-corrected chi connectivity index (χ2v) is 5.00. The number of alkyl halides is 2. The normalized spacial score (nSPS) is 24.1. The molecule has 1 nitrogen and oxygen atoms in total. The summed E-state index contributed by atoms with van der Waals surface area (Å²) in [5.41, 5.74) is 0. The summed E-state index contributed by atoms with van der Waals surface area (Å²) >= 11 is 17.3. The van der Waals surface area contributed by atoms with Crippen molar-refractivity contribution in [3.05, 3.63) is 29.3 Å². The second-order valence-electron chi connectivity index (χ2n) is 3.03. The first-order valence-electron chi connectivity index (χ1n) is 3.88. The van der Waals surface area contributed by atoms with E-state index in [4.69, 9.17) is 39.5 Å². The average molecular weight is 238 g/mol. The van der Waals surface area contributed by atoms with Crippen molar-refractivity contribution < 1.29 is 4.74 Å². The fourth-order valence-corrected chi connectivity index (χ4v) is 1.49. The van der Waals surface area contributed by atoms with Crippen molar-refractivity contribution in [3.8, 4) is 5.75 Å². The van der Waals surface area contributed by atoms with Crippen molar-refractivity contribution >= 4 is 34.8 Å². The number of halogens is 3. The minimum Gasteiger partial charge on any atom is -0.487 e. The van der Waals surface area contributed by atoms with Crippen LogP contribution in [0, 0.1) is 0 Å². The van der Waals surface area contributed by atoms with Gasteiger partial charge in [-0.25, -0.2) is 0 Å². The Kier molecular flexibility index (Phi) is 2.35. The van der Waals surface area contributed by atoms with Gasteiger partial charge in [-0.1, -0.05) is 34.8 Å². The highest BCUT2D eigenvalue weighted by molar-refractivity contribution is 6.51. The minimum absolute atomic E-state index is 0.0861. The van der Waals surface area contributed by atoms with Crippen LogP contribution >= 0.6 is 34.8 Å². The monoisotopic (exact) mass is 236 g/mol. The van der Waals surface area contributed by atoms with Crippen LogP contribution in [0.25, 0.3) is 0 Å². The first-order valence-corrected chi connectivity index (χ1v) is 5.01. The van der Waals surface area contributed by atoms with Crippen LogP contribution in [0.15, 0.2) is 24.3 Å². The van der Waals surface area contributed by atoms with E-state index in [0.717, 1.165) is 5.75 Å². The van der Waals surface area contributed by atoms with E-state index >= 15 is 0 Å². The van der Waals surface area contributed by atoms with Crippen LogP contribution in [0.2, 0.25) is 5.02 Å². The van der Waals surface area contributed by atoms with Crippen LogP contribution in [0.3, 0.4) is 0 Å². The summed E-state index contributed by atoms with van der Waals surface area (Å²) in [5.74, 6) is 0.748. The molecule has 4 heteroatoms. The summed E-state index contributed by atoms with van der Waals surface area (Å²) in [6.07, 6.45) is 0.593. The summed E-state index contributed by atoms with van der Waals surface area (Å²) in [5, 5.41) is 0.686. The van der Waals surface area contributed by atoms with E-state index in [9.17, 15) is 0 Å². The van der Waals surface area contributed by atoms with Crippen molar-refractivity contribution in [1.82, 2.24) is 0 Å². The number of benzene rings is 1. The lowest BCUT2D eigenvalue weighted by molar-refractivity contribution is 0.300. The van der Waals surface area contributed by atoms with Crippen molar-refractivity contribution in [2.45, 2.75) is 16.9 Å². The number of rotatable bonds is 2. The summed E-state index contributed by atoms with van der Waals surface area (Å²) < 4.78 is 4.78. The summed E-state index contributed by atoms with van der Waals surface area (Å²) in [7, 11) is 0. The molecule has 1 aliphatic rings. The Morgan fingerprint density at radius 3 is 2.23 bits per heavy atom. The maximum atomic E-state index is 5.80.